The smallest absolute Gasteiger partial charge is 0.243 e. The molecule has 0 aromatic heterocycles. The number of carbonyl (C=O) groups excluding carboxylic acids is 1. The van der Waals surface area contributed by atoms with Crippen LogP contribution in [0.5, 0.6) is 0 Å². The van der Waals surface area contributed by atoms with E-state index in [1.807, 2.05) is 23.3 Å². The van der Waals surface area contributed by atoms with Crippen molar-refractivity contribution in [2.45, 2.75) is 48.3 Å². The molecule has 0 bridgehead atoms. The molecule has 0 aliphatic carbocycles. The number of thioether (sulfide) groups is 1. The van der Waals surface area contributed by atoms with Gasteiger partial charge in [-0.05, 0) is 56.2 Å². The number of sulfonamides is 1. The highest BCUT2D eigenvalue weighted by atomic mass is 32.2. The Morgan fingerprint density at radius 1 is 0.962 bits per heavy atom. The molecule has 0 unspecified atom stereocenters. The van der Waals surface area contributed by atoms with Gasteiger partial charge in [0.05, 0.1) is 4.90 Å². The lowest BCUT2D eigenvalue weighted by Gasteiger charge is -2.33. The van der Waals surface area contributed by atoms with Crippen LogP contribution in [-0.4, -0.2) is 56.0 Å². The van der Waals surface area contributed by atoms with Gasteiger partial charge in [-0.1, -0.05) is 12.8 Å². The van der Waals surface area contributed by atoms with Crippen LogP contribution < -0.4 is 0 Å². The second-order valence-electron chi connectivity index (χ2n) is 7.09. The molecule has 0 atom stereocenters. The van der Waals surface area contributed by atoms with Gasteiger partial charge in [0.25, 0.3) is 0 Å². The van der Waals surface area contributed by atoms with Gasteiger partial charge in [-0.3, -0.25) is 4.79 Å². The lowest BCUT2D eigenvalue weighted by Crippen LogP contribution is -2.44. The molecule has 1 aromatic rings. The topological polar surface area (TPSA) is 57.7 Å². The van der Waals surface area contributed by atoms with Crippen molar-refractivity contribution in [2.24, 2.45) is 5.92 Å². The van der Waals surface area contributed by atoms with Crippen LogP contribution in [0.4, 0.5) is 0 Å². The van der Waals surface area contributed by atoms with Gasteiger partial charge in [0.15, 0.2) is 0 Å². The van der Waals surface area contributed by atoms with Gasteiger partial charge in [-0.2, -0.15) is 4.31 Å². The zero-order valence-electron chi connectivity index (χ0n) is 15.4. The average molecular weight is 397 g/mol. The Bertz CT molecular complexity index is 703. The van der Waals surface area contributed by atoms with E-state index >= 15 is 0 Å². The minimum atomic E-state index is -3.47. The molecule has 0 saturated carbocycles. The van der Waals surface area contributed by atoms with Gasteiger partial charge in [0.2, 0.25) is 15.9 Å². The van der Waals surface area contributed by atoms with Crippen molar-refractivity contribution in [3.8, 4) is 0 Å². The van der Waals surface area contributed by atoms with Crippen LogP contribution in [0.15, 0.2) is 34.1 Å². The third-order valence-electron chi connectivity index (χ3n) is 5.42. The molecule has 7 heteroatoms. The van der Waals surface area contributed by atoms with Crippen molar-refractivity contribution in [3.63, 3.8) is 0 Å². The third kappa shape index (κ3) is 4.43. The molecule has 1 amide bonds. The van der Waals surface area contributed by atoms with E-state index in [0.29, 0.717) is 30.8 Å². The van der Waals surface area contributed by atoms with Gasteiger partial charge in [0.1, 0.15) is 0 Å². The molecule has 0 radical (unpaired) electrons. The van der Waals surface area contributed by atoms with Crippen molar-refractivity contribution in [1.82, 2.24) is 9.21 Å². The molecule has 2 fully saturated rings. The SMILES string of the molecule is CSc1ccc(S(=O)(=O)N2CCC(C(=O)N3CCCCCC3)CC2)cc1. The van der Waals surface area contributed by atoms with E-state index in [0.717, 1.165) is 30.8 Å². The summed E-state index contributed by atoms with van der Waals surface area (Å²) in [5, 5.41) is 0. The molecule has 2 aliphatic rings. The molecule has 2 aliphatic heterocycles. The lowest BCUT2D eigenvalue weighted by atomic mass is 9.96. The molecular formula is C19H28N2O3S2. The maximum absolute atomic E-state index is 12.8. The molecule has 2 saturated heterocycles. The second kappa shape index (κ2) is 8.76. The van der Waals surface area contributed by atoms with Crippen LogP contribution in [0, 0.1) is 5.92 Å². The van der Waals surface area contributed by atoms with Crippen molar-refractivity contribution < 1.29 is 13.2 Å². The van der Waals surface area contributed by atoms with Gasteiger partial charge >= 0.3 is 0 Å². The van der Waals surface area contributed by atoms with E-state index in [9.17, 15) is 13.2 Å². The Labute approximate surface area is 161 Å². The lowest BCUT2D eigenvalue weighted by molar-refractivity contribution is -0.136. The first-order valence-corrected chi connectivity index (χ1v) is 12.1. The highest BCUT2D eigenvalue weighted by molar-refractivity contribution is 7.98. The predicted molar refractivity (Wildman–Crippen MR) is 105 cm³/mol. The predicted octanol–water partition coefficient (Wildman–Crippen LogP) is 3.21. The van der Waals surface area contributed by atoms with Crippen LogP contribution in [0.3, 0.4) is 0 Å². The number of nitrogens with zero attached hydrogens (tertiary/aromatic N) is 2. The molecule has 1 aromatic carbocycles. The van der Waals surface area contributed by atoms with E-state index in [1.54, 1.807) is 23.9 Å². The zero-order chi connectivity index (χ0) is 18.6. The molecule has 0 spiro atoms. The molecule has 26 heavy (non-hydrogen) atoms. The fraction of sp³-hybridized carbons (Fsp3) is 0.632. The van der Waals surface area contributed by atoms with Crippen LogP contribution in [-0.2, 0) is 14.8 Å². The fourth-order valence-electron chi connectivity index (χ4n) is 3.79. The number of piperidine rings is 1. The average Bonchev–Trinajstić information content (AvgIpc) is 2.97. The number of benzene rings is 1. The summed E-state index contributed by atoms with van der Waals surface area (Å²) in [6.07, 6.45) is 7.80. The van der Waals surface area contributed by atoms with Gasteiger partial charge in [-0.25, -0.2) is 8.42 Å². The Balaban J connectivity index is 1.60. The summed E-state index contributed by atoms with van der Waals surface area (Å²) >= 11 is 1.59. The summed E-state index contributed by atoms with van der Waals surface area (Å²) < 4.78 is 27.2. The van der Waals surface area contributed by atoms with Crippen molar-refractivity contribution in [2.75, 3.05) is 32.4 Å². The number of carbonyl (C=O) groups is 1. The minimum Gasteiger partial charge on any atom is -0.342 e. The van der Waals surface area contributed by atoms with Gasteiger partial charge < -0.3 is 4.90 Å². The summed E-state index contributed by atoms with van der Waals surface area (Å²) in [6, 6.07) is 7.03. The molecule has 2 heterocycles. The minimum absolute atomic E-state index is 0.0292. The van der Waals surface area contributed by atoms with E-state index in [4.69, 9.17) is 0 Å². The van der Waals surface area contributed by atoms with Gasteiger partial charge in [-0.15, -0.1) is 11.8 Å². The number of amides is 1. The van der Waals surface area contributed by atoms with E-state index in [1.165, 1.54) is 17.1 Å². The first-order chi connectivity index (χ1) is 12.5. The van der Waals surface area contributed by atoms with Crippen molar-refractivity contribution >= 4 is 27.7 Å². The summed E-state index contributed by atoms with van der Waals surface area (Å²) in [6.45, 7) is 2.58. The molecule has 5 nitrogen and oxygen atoms in total. The van der Waals surface area contributed by atoms with Gasteiger partial charge in [0, 0.05) is 37.0 Å². The van der Waals surface area contributed by atoms with Crippen LogP contribution in [0.25, 0.3) is 0 Å². The Kier molecular flexibility index (Phi) is 6.64. The fourth-order valence-corrected chi connectivity index (χ4v) is 5.67. The highest BCUT2D eigenvalue weighted by Gasteiger charge is 2.33. The number of hydrogen-bond acceptors (Lipinski definition) is 4. The van der Waals surface area contributed by atoms with Crippen molar-refractivity contribution in [3.05, 3.63) is 24.3 Å². The van der Waals surface area contributed by atoms with Crippen LogP contribution in [0.2, 0.25) is 0 Å². The molecular weight excluding hydrogens is 368 g/mol. The summed E-state index contributed by atoms with van der Waals surface area (Å²) in [4.78, 5) is 16.1. The monoisotopic (exact) mass is 396 g/mol. The van der Waals surface area contributed by atoms with E-state index in [-0.39, 0.29) is 11.8 Å². The number of rotatable bonds is 4. The summed E-state index contributed by atoms with van der Waals surface area (Å²) in [7, 11) is -3.47. The summed E-state index contributed by atoms with van der Waals surface area (Å²) in [5.41, 5.74) is 0. The highest BCUT2D eigenvalue weighted by Crippen LogP contribution is 2.27. The zero-order valence-corrected chi connectivity index (χ0v) is 17.0. The largest absolute Gasteiger partial charge is 0.342 e. The quantitative estimate of drug-likeness (QED) is 0.734. The van der Waals surface area contributed by atoms with Crippen LogP contribution in [0.1, 0.15) is 38.5 Å². The third-order valence-corrected chi connectivity index (χ3v) is 8.07. The molecule has 144 valence electrons. The Morgan fingerprint density at radius 3 is 2.08 bits per heavy atom. The second-order valence-corrected chi connectivity index (χ2v) is 9.91. The first kappa shape index (κ1) is 19.7. The number of likely N-dealkylation sites (tertiary alicyclic amines) is 1. The Hall–Kier alpha value is -1.05. The standard InChI is InChI=1S/C19H28N2O3S2/c1-25-17-6-8-18(9-7-17)26(23,24)21-14-10-16(11-15-21)19(22)20-12-4-2-3-5-13-20/h6-9,16H,2-5,10-15H2,1H3. The molecule has 3 rings (SSSR count). The number of hydrogen-bond donors (Lipinski definition) is 0. The normalized spacial score (nSPS) is 20.7. The van der Waals surface area contributed by atoms with E-state index < -0.39 is 10.0 Å². The summed E-state index contributed by atoms with van der Waals surface area (Å²) in [5.74, 6) is 0.201. The van der Waals surface area contributed by atoms with Crippen molar-refractivity contribution in [1.29, 1.82) is 0 Å². The Morgan fingerprint density at radius 2 is 1.54 bits per heavy atom. The maximum atomic E-state index is 12.8. The first-order valence-electron chi connectivity index (χ1n) is 9.45. The van der Waals surface area contributed by atoms with E-state index in [2.05, 4.69) is 0 Å². The maximum Gasteiger partial charge on any atom is 0.243 e. The van der Waals surface area contributed by atoms with Crippen LogP contribution >= 0.6 is 11.8 Å². The molecule has 0 N–H and O–H groups in total.